The van der Waals surface area contributed by atoms with Gasteiger partial charge in [-0.25, -0.2) is 0 Å². The smallest absolute Gasteiger partial charge is 0.125 e. The van der Waals surface area contributed by atoms with Crippen LogP contribution in [0, 0.1) is 6.92 Å². The maximum Gasteiger partial charge on any atom is 0.125 e. The number of nitrogens with zero attached hydrogens (tertiary/aromatic N) is 2. The molecule has 2 rings (SSSR count). The number of benzene rings is 1. The van der Waals surface area contributed by atoms with E-state index in [9.17, 15) is 5.11 Å². The Morgan fingerprint density at radius 1 is 1.38 bits per heavy atom. The fraction of sp³-hybridized carbons (Fsp3) is 0.400. The molecule has 0 radical (unpaired) electrons. The van der Waals surface area contributed by atoms with Crippen molar-refractivity contribution in [3.05, 3.63) is 45.7 Å². The lowest BCUT2D eigenvalue weighted by molar-refractivity contribution is 0.170. The molecular weight excluding hydrogens is 336 g/mol. The summed E-state index contributed by atoms with van der Waals surface area (Å²) in [7, 11) is 3.24. The summed E-state index contributed by atoms with van der Waals surface area (Å²) in [5, 5.41) is 15.0. The van der Waals surface area contributed by atoms with Crippen LogP contribution in [0.25, 0.3) is 0 Å². The molecule has 0 bridgehead atoms. The van der Waals surface area contributed by atoms with Crippen LogP contribution in [-0.2, 0) is 11.3 Å². The molecule has 1 unspecified atom stereocenters. The molecule has 21 heavy (non-hydrogen) atoms. The molecule has 0 aliphatic carbocycles. The van der Waals surface area contributed by atoms with Gasteiger partial charge in [0.2, 0.25) is 0 Å². The van der Waals surface area contributed by atoms with Gasteiger partial charge in [-0.05, 0) is 34.5 Å². The third-order valence-electron chi connectivity index (χ3n) is 3.28. The van der Waals surface area contributed by atoms with E-state index in [0.717, 1.165) is 10.0 Å². The molecule has 2 aromatic rings. The molecule has 0 aliphatic heterocycles. The predicted octanol–water partition coefficient (Wildman–Crippen LogP) is 2.69. The van der Waals surface area contributed by atoms with E-state index in [1.807, 2.05) is 25.1 Å². The van der Waals surface area contributed by atoms with Crippen molar-refractivity contribution in [3.8, 4) is 5.75 Å². The Kier molecular flexibility index (Phi) is 5.39. The lowest BCUT2D eigenvalue weighted by Crippen LogP contribution is -2.14. The van der Waals surface area contributed by atoms with Crippen LogP contribution in [0.3, 0.4) is 0 Å². The highest BCUT2D eigenvalue weighted by Crippen LogP contribution is 2.34. The summed E-state index contributed by atoms with van der Waals surface area (Å²) >= 11 is 3.44. The Morgan fingerprint density at radius 2 is 2.14 bits per heavy atom. The molecule has 1 aromatic carbocycles. The largest absolute Gasteiger partial charge is 0.496 e. The second-order valence-electron chi connectivity index (χ2n) is 4.74. The van der Waals surface area contributed by atoms with Crippen LogP contribution in [0.1, 0.15) is 22.9 Å². The van der Waals surface area contributed by atoms with Gasteiger partial charge >= 0.3 is 0 Å². The molecule has 0 saturated carbocycles. The highest BCUT2D eigenvalue weighted by molar-refractivity contribution is 9.10. The fourth-order valence-electron chi connectivity index (χ4n) is 2.19. The van der Waals surface area contributed by atoms with Gasteiger partial charge in [0.05, 0.1) is 36.6 Å². The number of halogens is 1. The summed E-state index contributed by atoms with van der Waals surface area (Å²) in [4.78, 5) is 0. The zero-order valence-corrected chi connectivity index (χ0v) is 13.9. The number of methoxy groups -OCH3 is 2. The van der Waals surface area contributed by atoms with E-state index in [4.69, 9.17) is 9.47 Å². The van der Waals surface area contributed by atoms with Crippen molar-refractivity contribution in [1.29, 1.82) is 0 Å². The maximum absolute atomic E-state index is 10.7. The van der Waals surface area contributed by atoms with E-state index in [1.54, 1.807) is 25.1 Å². The van der Waals surface area contributed by atoms with E-state index in [2.05, 4.69) is 21.0 Å². The van der Waals surface area contributed by atoms with Crippen LogP contribution < -0.4 is 4.74 Å². The molecule has 5 nitrogen and oxygen atoms in total. The van der Waals surface area contributed by atoms with Gasteiger partial charge in [0.25, 0.3) is 0 Å². The summed E-state index contributed by atoms with van der Waals surface area (Å²) < 4.78 is 12.9. The number of ether oxygens (including phenoxy) is 2. The van der Waals surface area contributed by atoms with Gasteiger partial charge in [0.1, 0.15) is 11.9 Å². The summed E-state index contributed by atoms with van der Waals surface area (Å²) in [6.07, 6.45) is 0.851. The van der Waals surface area contributed by atoms with Gasteiger partial charge < -0.3 is 14.6 Å². The normalized spacial score (nSPS) is 12.4. The standard InChI is InChI=1S/C15H19BrN2O3/c1-10-4-5-11(13(8-10)21-3)15(19)14-12(16)9-17-18(14)6-7-20-2/h4-5,8-9,15,19H,6-7H2,1-3H3. The first-order valence-corrected chi connectivity index (χ1v) is 7.40. The van der Waals surface area contributed by atoms with Crippen molar-refractivity contribution in [2.45, 2.75) is 19.6 Å². The first-order valence-electron chi connectivity index (χ1n) is 6.61. The van der Waals surface area contributed by atoms with E-state index < -0.39 is 6.10 Å². The van der Waals surface area contributed by atoms with Crippen molar-refractivity contribution in [2.75, 3.05) is 20.8 Å². The summed E-state index contributed by atoms with van der Waals surface area (Å²) in [5.74, 6) is 0.661. The van der Waals surface area contributed by atoms with Gasteiger partial charge in [-0.3, -0.25) is 4.68 Å². The highest BCUT2D eigenvalue weighted by atomic mass is 79.9. The van der Waals surface area contributed by atoms with Crippen molar-refractivity contribution < 1.29 is 14.6 Å². The number of aromatic nitrogens is 2. The SMILES string of the molecule is COCCn1ncc(Br)c1C(O)c1ccc(C)cc1OC. The number of aliphatic hydroxyl groups excluding tert-OH is 1. The third kappa shape index (κ3) is 3.45. The Hall–Kier alpha value is -1.37. The second kappa shape index (κ2) is 7.06. The summed E-state index contributed by atoms with van der Waals surface area (Å²) in [5.41, 5.74) is 2.48. The third-order valence-corrected chi connectivity index (χ3v) is 3.89. The molecule has 1 N–H and O–H groups in total. The van der Waals surface area contributed by atoms with E-state index >= 15 is 0 Å². The molecule has 1 aromatic heterocycles. The fourth-order valence-corrected chi connectivity index (χ4v) is 2.70. The van der Waals surface area contributed by atoms with Crippen LogP contribution in [-0.4, -0.2) is 35.7 Å². The van der Waals surface area contributed by atoms with Crippen molar-refractivity contribution in [3.63, 3.8) is 0 Å². The molecule has 0 aliphatic rings. The van der Waals surface area contributed by atoms with Crippen LogP contribution in [0.5, 0.6) is 5.75 Å². The van der Waals surface area contributed by atoms with Crippen molar-refractivity contribution in [1.82, 2.24) is 9.78 Å². The van der Waals surface area contributed by atoms with E-state index in [0.29, 0.717) is 30.2 Å². The number of rotatable bonds is 6. The van der Waals surface area contributed by atoms with E-state index in [-0.39, 0.29) is 0 Å². The molecule has 6 heteroatoms. The summed E-state index contributed by atoms with van der Waals surface area (Å²) in [6, 6.07) is 5.73. The highest BCUT2D eigenvalue weighted by Gasteiger charge is 2.22. The Balaban J connectivity index is 2.40. The molecule has 1 heterocycles. The van der Waals surface area contributed by atoms with Crippen LogP contribution in [0.4, 0.5) is 0 Å². The Labute approximate surface area is 132 Å². The van der Waals surface area contributed by atoms with Gasteiger partial charge in [0, 0.05) is 12.7 Å². The average molecular weight is 355 g/mol. The number of hydrogen-bond acceptors (Lipinski definition) is 4. The number of aryl methyl sites for hydroxylation is 1. The first kappa shape index (κ1) is 16.0. The number of hydrogen-bond donors (Lipinski definition) is 1. The van der Waals surface area contributed by atoms with Crippen LogP contribution in [0.2, 0.25) is 0 Å². The van der Waals surface area contributed by atoms with Gasteiger partial charge in [-0.15, -0.1) is 0 Å². The zero-order chi connectivity index (χ0) is 15.4. The van der Waals surface area contributed by atoms with E-state index in [1.165, 1.54) is 0 Å². The monoisotopic (exact) mass is 354 g/mol. The topological polar surface area (TPSA) is 56.5 Å². The lowest BCUT2D eigenvalue weighted by Gasteiger charge is -2.17. The zero-order valence-electron chi connectivity index (χ0n) is 12.3. The van der Waals surface area contributed by atoms with Gasteiger partial charge in [0.15, 0.2) is 0 Å². The Morgan fingerprint density at radius 3 is 2.81 bits per heavy atom. The van der Waals surface area contributed by atoms with Crippen molar-refractivity contribution in [2.24, 2.45) is 0 Å². The lowest BCUT2D eigenvalue weighted by atomic mass is 10.0. The van der Waals surface area contributed by atoms with Crippen LogP contribution >= 0.6 is 15.9 Å². The first-order chi connectivity index (χ1) is 10.1. The average Bonchev–Trinajstić information content (AvgIpc) is 2.85. The van der Waals surface area contributed by atoms with Gasteiger partial charge in [-0.2, -0.15) is 5.10 Å². The predicted molar refractivity (Wildman–Crippen MR) is 83.6 cm³/mol. The number of aliphatic hydroxyl groups is 1. The molecule has 114 valence electrons. The minimum atomic E-state index is -0.825. The maximum atomic E-state index is 10.7. The van der Waals surface area contributed by atoms with Crippen LogP contribution in [0.15, 0.2) is 28.9 Å². The quantitative estimate of drug-likeness (QED) is 0.866. The minimum absolute atomic E-state index is 0.527. The summed E-state index contributed by atoms with van der Waals surface area (Å²) in [6.45, 7) is 3.08. The molecule has 0 saturated heterocycles. The molecule has 0 amide bonds. The van der Waals surface area contributed by atoms with Gasteiger partial charge in [-0.1, -0.05) is 12.1 Å². The Bertz CT molecular complexity index is 613. The second-order valence-corrected chi connectivity index (χ2v) is 5.60. The van der Waals surface area contributed by atoms with Crippen molar-refractivity contribution >= 4 is 15.9 Å². The molecular formula is C15H19BrN2O3. The minimum Gasteiger partial charge on any atom is -0.496 e. The molecule has 1 atom stereocenters. The molecule has 0 spiro atoms. The molecule has 0 fully saturated rings.